The van der Waals surface area contributed by atoms with Gasteiger partial charge in [0.1, 0.15) is 0 Å². The van der Waals surface area contributed by atoms with Crippen LogP contribution in [0, 0.1) is 0 Å². The second-order valence-electron chi connectivity index (χ2n) is 1.39. The monoisotopic (exact) mass is 114 g/mol. The van der Waals surface area contributed by atoms with E-state index in [1.165, 1.54) is 6.34 Å². The molecule has 8 heavy (non-hydrogen) atoms. The smallest absolute Gasteiger partial charge is 0.157 e. The average Bonchev–Trinajstić information content (AvgIpc) is 1.66. The van der Waals surface area contributed by atoms with E-state index in [0.717, 1.165) is 0 Å². The Bertz CT molecular complexity index is 94.2. The quantitative estimate of drug-likeness (QED) is 0.224. The van der Waals surface area contributed by atoms with Gasteiger partial charge in [-0.25, -0.2) is 0 Å². The lowest BCUT2D eigenvalue weighted by atomic mass is 11.1. The molecule has 0 N–H and O–H groups in total. The first-order valence-corrected chi connectivity index (χ1v) is 2.26. The van der Waals surface area contributed by atoms with Crippen LogP contribution >= 0.6 is 0 Å². The average molecular weight is 114 g/mol. The molecule has 0 aromatic rings. The minimum absolute atomic E-state index is 1.39. The molecule has 4 nitrogen and oxygen atoms in total. The highest BCUT2D eigenvalue weighted by Crippen LogP contribution is 1.71. The van der Waals surface area contributed by atoms with Crippen molar-refractivity contribution in [3.05, 3.63) is 0 Å². The van der Waals surface area contributed by atoms with Crippen molar-refractivity contribution in [2.75, 3.05) is 21.1 Å². The Morgan fingerprint density at radius 3 is 2.38 bits per heavy atom. The summed E-state index contributed by atoms with van der Waals surface area (Å²) in [5.74, 6) is 0. The van der Waals surface area contributed by atoms with Gasteiger partial charge >= 0.3 is 0 Å². The standard InChI is InChI=1S/C4H10N4/c1-5-6-4-7-8(2)3/h4H,1-3H3/b6-5?,7-4+. The molecule has 0 aromatic carbocycles. The van der Waals surface area contributed by atoms with E-state index in [0.29, 0.717) is 0 Å². The van der Waals surface area contributed by atoms with Gasteiger partial charge in [-0.2, -0.15) is 10.2 Å². The maximum atomic E-state index is 3.76. The highest BCUT2D eigenvalue weighted by Gasteiger charge is 1.70. The molecule has 0 aromatic heterocycles. The first-order valence-electron chi connectivity index (χ1n) is 2.26. The Hall–Kier alpha value is -0.930. The van der Waals surface area contributed by atoms with Crippen LogP contribution in [0.5, 0.6) is 0 Å². The third-order valence-electron chi connectivity index (χ3n) is 0.450. The van der Waals surface area contributed by atoms with Crippen molar-refractivity contribution in [3.63, 3.8) is 0 Å². The summed E-state index contributed by atoms with van der Waals surface area (Å²) in [6.07, 6.45) is 1.39. The normalized spacial score (nSPS) is 11.4. The van der Waals surface area contributed by atoms with Crippen molar-refractivity contribution in [2.24, 2.45) is 15.3 Å². The molecule has 0 aliphatic heterocycles. The molecule has 0 fully saturated rings. The fourth-order valence-electron chi connectivity index (χ4n) is 0.178. The van der Waals surface area contributed by atoms with Crippen LogP contribution in [0.4, 0.5) is 0 Å². The Labute approximate surface area is 48.9 Å². The van der Waals surface area contributed by atoms with E-state index in [1.54, 1.807) is 12.1 Å². The Balaban J connectivity index is 3.34. The maximum Gasteiger partial charge on any atom is 0.157 e. The highest BCUT2D eigenvalue weighted by atomic mass is 15.4. The van der Waals surface area contributed by atoms with Gasteiger partial charge in [-0.15, -0.1) is 5.11 Å². The topological polar surface area (TPSA) is 40.3 Å². The summed E-state index contributed by atoms with van der Waals surface area (Å²) in [7, 11) is 5.24. The van der Waals surface area contributed by atoms with E-state index < -0.39 is 0 Å². The molecule has 0 saturated carbocycles. The lowest BCUT2D eigenvalue weighted by Gasteiger charge is -1.98. The van der Waals surface area contributed by atoms with Gasteiger partial charge in [-0.3, -0.25) is 0 Å². The van der Waals surface area contributed by atoms with Crippen molar-refractivity contribution < 1.29 is 0 Å². The Morgan fingerprint density at radius 1 is 1.38 bits per heavy atom. The molecule has 0 spiro atoms. The largest absolute Gasteiger partial charge is 0.302 e. The summed E-state index contributed by atoms with van der Waals surface area (Å²) in [5.41, 5.74) is 0. The van der Waals surface area contributed by atoms with Gasteiger partial charge in [0.2, 0.25) is 0 Å². The summed E-state index contributed by atoms with van der Waals surface area (Å²) in [6.45, 7) is 0. The van der Waals surface area contributed by atoms with E-state index in [2.05, 4.69) is 15.3 Å². The van der Waals surface area contributed by atoms with Crippen LogP contribution in [0.3, 0.4) is 0 Å². The molecule has 4 heteroatoms. The summed E-state index contributed by atoms with van der Waals surface area (Å²) >= 11 is 0. The third kappa shape index (κ3) is 5.07. The summed E-state index contributed by atoms with van der Waals surface area (Å²) in [6, 6.07) is 0. The van der Waals surface area contributed by atoms with Gasteiger partial charge in [0.15, 0.2) is 6.34 Å². The van der Waals surface area contributed by atoms with E-state index >= 15 is 0 Å². The highest BCUT2D eigenvalue weighted by molar-refractivity contribution is 5.53. The van der Waals surface area contributed by atoms with Gasteiger partial charge in [0, 0.05) is 21.1 Å². The van der Waals surface area contributed by atoms with E-state index in [1.807, 2.05) is 14.1 Å². The molecular formula is C4H10N4. The second-order valence-corrected chi connectivity index (χ2v) is 1.39. The van der Waals surface area contributed by atoms with E-state index in [4.69, 9.17) is 0 Å². The first-order chi connectivity index (χ1) is 3.77. The lowest BCUT2D eigenvalue weighted by Crippen LogP contribution is -2.00. The Morgan fingerprint density at radius 2 is 2.00 bits per heavy atom. The van der Waals surface area contributed by atoms with Gasteiger partial charge in [-0.05, 0) is 0 Å². The zero-order chi connectivity index (χ0) is 6.41. The summed E-state index contributed by atoms with van der Waals surface area (Å²) in [4.78, 5) is 0. The maximum absolute atomic E-state index is 3.76. The molecule has 0 heterocycles. The van der Waals surface area contributed by atoms with Crippen molar-refractivity contribution in [3.8, 4) is 0 Å². The van der Waals surface area contributed by atoms with Crippen LogP contribution in [-0.2, 0) is 0 Å². The number of rotatable bonds is 2. The van der Waals surface area contributed by atoms with E-state index in [-0.39, 0.29) is 0 Å². The molecule has 0 amide bonds. The number of hydrogen-bond donors (Lipinski definition) is 0. The third-order valence-corrected chi connectivity index (χ3v) is 0.450. The molecule has 0 saturated heterocycles. The molecule has 0 unspecified atom stereocenters. The minimum atomic E-state index is 1.39. The van der Waals surface area contributed by atoms with E-state index in [9.17, 15) is 0 Å². The number of hydrogen-bond acceptors (Lipinski definition) is 3. The number of hydrazone groups is 1. The number of azo groups is 1. The van der Waals surface area contributed by atoms with Gasteiger partial charge in [0.05, 0.1) is 0 Å². The lowest BCUT2D eigenvalue weighted by molar-refractivity contribution is 0.439. The fraction of sp³-hybridized carbons (Fsp3) is 0.750. The van der Waals surface area contributed by atoms with Gasteiger partial charge < -0.3 is 5.01 Å². The predicted octanol–water partition coefficient (Wildman–Crippen LogP) is 0.573. The zero-order valence-corrected chi connectivity index (χ0v) is 5.37. The SMILES string of the molecule is CN=N/C=N/N(C)C. The van der Waals surface area contributed by atoms with Crippen molar-refractivity contribution >= 4 is 6.34 Å². The molecule has 46 valence electrons. The van der Waals surface area contributed by atoms with Crippen LogP contribution < -0.4 is 0 Å². The van der Waals surface area contributed by atoms with Crippen LogP contribution in [0.2, 0.25) is 0 Å². The molecular weight excluding hydrogens is 104 g/mol. The molecule has 0 radical (unpaired) electrons. The van der Waals surface area contributed by atoms with Crippen molar-refractivity contribution in [1.29, 1.82) is 0 Å². The summed E-state index contributed by atoms with van der Waals surface area (Å²) < 4.78 is 0. The Kier molecular flexibility index (Phi) is 3.74. The molecule has 0 aliphatic carbocycles. The van der Waals surface area contributed by atoms with Gasteiger partial charge in [0.25, 0.3) is 0 Å². The van der Waals surface area contributed by atoms with Crippen molar-refractivity contribution in [1.82, 2.24) is 5.01 Å². The van der Waals surface area contributed by atoms with Crippen molar-refractivity contribution in [2.45, 2.75) is 0 Å². The van der Waals surface area contributed by atoms with Crippen LogP contribution in [0.1, 0.15) is 0 Å². The minimum Gasteiger partial charge on any atom is -0.302 e. The summed E-state index contributed by atoms with van der Waals surface area (Å²) in [5, 5.41) is 12.4. The zero-order valence-electron chi connectivity index (χ0n) is 5.37. The first kappa shape index (κ1) is 7.07. The predicted molar refractivity (Wildman–Crippen MR) is 33.0 cm³/mol. The molecule has 0 bridgehead atoms. The molecule has 0 aliphatic rings. The van der Waals surface area contributed by atoms with Crippen LogP contribution in [0.15, 0.2) is 15.3 Å². The second kappa shape index (κ2) is 4.23. The number of nitrogens with zero attached hydrogens (tertiary/aromatic N) is 4. The molecule has 0 rings (SSSR count). The van der Waals surface area contributed by atoms with Gasteiger partial charge in [-0.1, -0.05) is 0 Å². The molecule has 0 atom stereocenters. The van der Waals surface area contributed by atoms with Crippen LogP contribution in [0.25, 0.3) is 0 Å². The fourth-order valence-corrected chi connectivity index (χ4v) is 0.178. The van der Waals surface area contributed by atoms with Crippen LogP contribution in [-0.4, -0.2) is 32.5 Å².